The van der Waals surface area contributed by atoms with Crippen LogP contribution >= 0.6 is 0 Å². The summed E-state index contributed by atoms with van der Waals surface area (Å²) in [6.07, 6.45) is -0.0718. The fraction of sp³-hybridized carbons (Fsp3) is 0.529. The van der Waals surface area contributed by atoms with E-state index in [2.05, 4.69) is 5.32 Å². The van der Waals surface area contributed by atoms with Crippen molar-refractivity contribution in [2.24, 2.45) is 0 Å². The third kappa shape index (κ3) is 5.33. The van der Waals surface area contributed by atoms with Gasteiger partial charge in [-0.15, -0.1) is 0 Å². The number of aryl methyl sites for hydroxylation is 2. The van der Waals surface area contributed by atoms with E-state index in [1.165, 1.54) is 0 Å². The van der Waals surface area contributed by atoms with Crippen molar-refractivity contribution in [3.05, 3.63) is 28.8 Å². The van der Waals surface area contributed by atoms with Gasteiger partial charge in [-0.25, -0.2) is 0 Å². The number of ketones is 1. The van der Waals surface area contributed by atoms with E-state index in [-0.39, 0.29) is 32.0 Å². The molecular formula is C17H25NO5. The third-order valence-corrected chi connectivity index (χ3v) is 3.48. The van der Waals surface area contributed by atoms with Crippen molar-refractivity contribution < 1.29 is 24.2 Å². The Balaban J connectivity index is 3.06. The van der Waals surface area contributed by atoms with Gasteiger partial charge in [-0.1, -0.05) is 0 Å². The summed E-state index contributed by atoms with van der Waals surface area (Å²) >= 11 is 0. The zero-order valence-electron chi connectivity index (χ0n) is 14.1. The Hall–Kier alpha value is -1.92. The monoisotopic (exact) mass is 323 g/mol. The Morgan fingerprint density at radius 1 is 1.26 bits per heavy atom. The number of carbonyl (C=O) groups excluding carboxylic acids is 2. The van der Waals surface area contributed by atoms with Gasteiger partial charge in [-0.2, -0.15) is 0 Å². The van der Waals surface area contributed by atoms with Crippen LogP contribution in [-0.2, 0) is 9.53 Å². The highest BCUT2D eigenvalue weighted by molar-refractivity contribution is 6.04. The van der Waals surface area contributed by atoms with Crippen molar-refractivity contribution in [2.75, 3.05) is 26.9 Å². The van der Waals surface area contributed by atoms with Crippen LogP contribution in [0.5, 0.6) is 5.75 Å². The fourth-order valence-electron chi connectivity index (χ4n) is 2.49. The number of esters is 1. The van der Waals surface area contributed by atoms with Crippen molar-refractivity contribution in [3.8, 4) is 5.75 Å². The lowest BCUT2D eigenvalue weighted by Gasteiger charge is -2.19. The average molecular weight is 323 g/mol. The first-order chi connectivity index (χ1) is 10.9. The molecule has 0 aromatic heterocycles. The number of Topliss-reactive ketones (excluding diaryl/α,β-unsaturated/α-hetero) is 1. The molecule has 1 rings (SSSR count). The molecule has 0 spiro atoms. The molecule has 1 unspecified atom stereocenters. The number of nitrogens with one attached hydrogen (secondary N) is 1. The average Bonchev–Trinajstić information content (AvgIpc) is 2.50. The van der Waals surface area contributed by atoms with E-state index in [1.54, 1.807) is 26.2 Å². The number of benzene rings is 1. The van der Waals surface area contributed by atoms with Crippen LogP contribution in [0.1, 0.15) is 34.8 Å². The molecule has 0 amide bonds. The van der Waals surface area contributed by atoms with E-state index in [4.69, 9.17) is 14.6 Å². The predicted octanol–water partition coefficient (Wildman–Crippen LogP) is 1.40. The second kappa shape index (κ2) is 9.27. The molecule has 23 heavy (non-hydrogen) atoms. The molecular weight excluding hydrogens is 298 g/mol. The summed E-state index contributed by atoms with van der Waals surface area (Å²) < 4.78 is 10.1. The van der Waals surface area contributed by atoms with Gasteiger partial charge >= 0.3 is 5.97 Å². The topological polar surface area (TPSA) is 84.9 Å². The number of ether oxygens (including phenoxy) is 2. The highest BCUT2D eigenvalue weighted by Crippen LogP contribution is 2.23. The van der Waals surface area contributed by atoms with E-state index in [1.807, 2.05) is 13.8 Å². The summed E-state index contributed by atoms with van der Waals surface area (Å²) in [5.74, 6) is 0.0473. The Morgan fingerprint density at radius 3 is 2.35 bits per heavy atom. The van der Waals surface area contributed by atoms with Gasteiger partial charge in [0, 0.05) is 12.1 Å². The molecule has 128 valence electrons. The Morgan fingerprint density at radius 2 is 1.87 bits per heavy atom. The van der Waals surface area contributed by atoms with Gasteiger partial charge in [0.2, 0.25) is 0 Å². The van der Waals surface area contributed by atoms with Gasteiger partial charge in [0.05, 0.1) is 32.8 Å². The zero-order chi connectivity index (χ0) is 17.4. The van der Waals surface area contributed by atoms with Crippen molar-refractivity contribution in [2.45, 2.75) is 33.2 Å². The molecule has 0 heterocycles. The zero-order valence-corrected chi connectivity index (χ0v) is 14.1. The minimum absolute atomic E-state index is 0.0718. The second-order valence-corrected chi connectivity index (χ2v) is 5.24. The summed E-state index contributed by atoms with van der Waals surface area (Å²) in [6, 6.07) is 2.84. The van der Waals surface area contributed by atoms with Crippen LogP contribution in [0.3, 0.4) is 0 Å². The van der Waals surface area contributed by atoms with Crippen molar-refractivity contribution in [3.63, 3.8) is 0 Å². The molecule has 0 radical (unpaired) electrons. The van der Waals surface area contributed by atoms with Gasteiger partial charge in [-0.3, -0.25) is 9.59 Å². The highest BCUT2D eigenvalue weighted by atomic mass is 16.5. The summed E-state index contributed by atoms with van der Waals surface area (Å²) in [5, 5.41) is 11.9. The first-order valence-electron chi connectivity index (χ1n) is 7.63. The first kappa shape index (κ1) is 19.1. The van der Waals surface area contributed by atoms with E-state index >= 15 is 0 Å². The SMILES string of the molecule is CCOC(=O)CC(NCCO)C(=O)c1c(C)cc(OC)cc1C. The van der Waals surface area contributed by atoms with E-state index in [0.29, 0.717) is 11.3 Å². The van der Waals surface area contributed by atoms with Gasteiger partial charge in [-0.05, 0) is 44.0 Å². The maximum atomic E-state index is 12.8. The first-order valence-corrected chi connectivity index (χ1v) is 7.63. The van der Waals surface area contributed by atoms with Crippen molar-refractivity contribution in [1.29, 1.82) is 0 Å². The van der Waals surface area contributed by atoms with Crippen LogP contribution in [0, 0.1) is 13.8 Å². The highest BCUT2D eigenvalue weighted by Gasteiger charge is 2.26. The lowest BCUT2D eigenvalue weighted by molar-refractivity contribution is -0.143. The largest absolute Gasteiger partial charge is 0.497 e. The van der Waals surface area contributed by atoms with Crippen LogP contribution < -0.4 is 10.1 Å². The van der Waals surface area contributed by atoms with Gasteiger partial charge in [0.15, 0.2) is 5.78 Å². The number of hydrogen-bond donors (Lipinski definition) is 2. The number of aliphatic hydroxyl groups excluding tert-OH is 1. The van der Waals surface area contributed by atoms with E-state index in [9.17, 15) is 9.59 Å². The van der Waals surface area contributed by atoms with Crippen molar-refractivity contribution in [1.82, 2.24) is 5.32 Å². The minimum atomic E-state index is -0.730. The Bertz CT molecular complexity index is 533. The van der Waals surface area contributed by atoms with E-state index < -0.39 is 12.0 Å². The maximum absolute atomic E-state index is 12.8. The lowest BCUT2D eigenvalue weighted by atomic mass is 9.93. The Labute approximate surface area is 136 Å². The maximum Gasteiger partial charge on any atom is 0.307 e. The molecule has 1 atom stereocenters. The summed E-state index contributed by atoms with van der Waals surface area (Å²) in [5.41, 5.74) is 2.13. The normalized spacial score (nSPS) is 11.9. The number of carbonyl (C=O) groups is 2. The summed E-state index contributed by atoms with van der Waals surface area (Å²) in [6.45, 7) is 5.75. The second-order valence-electron chi connectivity index (χ2n) is 5.24. The molecule has 0 saturated carbocycles. The van der Waals surface area contributed by atoms with Crippen LogP contribution in [0.15, 0.2) is 12.1 Å². The van der Waals surface area contributed by atoms with Gasteiger partial charge in [0.1, 0.15) is 5.75 Å². The summed E-state index contributed by atoms with van der Waals surface area (Å²) in [7, 11) is 1.57. The van der Waals surface area contributed by atoms with Gasteiger partial charge in [0.25, 0.3) is 0 Å². The number of hydrogen-bond acceptors (Lipinski definition) is 6. The lowest BCUT2D eigenvalue weighted by Crippen LogP contribution is -2.41. The third-order valence-electron chi connectivity index (χ3n) is 3.48. The minimum Gasteiger partial charge on any atom is -0.497 e. The standard InChI is InChI=1S/C17H25NO5/c1-5-23-15(20)10-14(18-6-7-19)17(21)16-11(2)8-13(22-4)9-12(16)3/h8-9,14,18-19H,5-7,10H2,1-4H3. The summed E-state index contributed by atoms with van der Waals surface area (Å²) in [4.78, 5) is 24.6. The quantitative estimate of drug-likeness (QED) is 0.528. The Kier molecular flexibility index (Phi) is 7.71. The molecule has 6 heteroatoms. The molecule has 0 bridgehead atoms. The van der Waals surface area contributed by atoms with Crippen LogP contribution in [0.4, 0.5) is 0 Å². The molecule has 0 saturated heterocycles. The molecule has 1 aromatic carbocycles. The van der Waals surface area contributed by atoms with Crippen molar-refractivity contribution >= 4 is 11.8 Å². The van der Waals surface area contributed by atoms with Crippen LogP contribution in [-0.4, -0.2) is 49.8 Å². The predicted molar refractivity (Wildman–Crippen MR) is 86.9 cm³/mol. The number of methoxy groups -OCH3 is 1. The number of aliphatic hydroxyl groups is 1. The molecule has 0 aliphatic carbocycles. The molecule has 0 aliphatic heterocycles. The van der Waals surface area contributed by atoms with Crippen LogP contribution in [0.25, 0.3) is 0 Å². The fourth-order valence-corrected chi connectivity index (χ4v) is 2.49. The molecule has 0 fully saturated rings. The van der Waals surface area contributed by atoms with Gasteiger partial charge < -0.3 is 19.9 Å². The van der Waals surface area contributed by atoms with Crippen LogP contribution in [0.2, 0.25) is 0 Å². The molecule has 6 nitrogen and oxygen atoms in total. The molecule has 2 N–H and O–H groups in total. The molecule has 1 aromatic rings. The smallest absolute Gasteiger partial charge is 0.307 e. The molecule has 0 aliphatic rings. The number of rotatable bonds is 9. The van der Waals surface area contributed by atoms with E-state index in [0.717, 1.165) is 11.1 Å².